The quantitative estimate of drug-likeness (QED) is 0.326. The zero-order chi connectivity index (χ0) is 24.1. The molecule has 1 N–H and O–H groups in total. The number of carbonyl (C=O) groups excluding carboxylic acids is 2. The molecule has 0 unspecified atom stereocenters. The van der Waals surface area contributed by atoms with Crippen molar-refractivity contribution in [3.63, 3.8) is 0 Å². The Morgan fingerprint density at radius 1 is 1.16 bits per heavy atom. The Bertz CT molecular complexity index is 1130. The van der Waals surface area contributed by atoms with Crippen LogP contribution < -0.4 is 4.72 Å². The lowest BCUT2D eigenvalue weighted by Gasteiger charge is -2.19. The zero-order valence-corrected chi connectivity index (χ0v) is 19.1. The first-order chi connectivity index (χ1) is 15.0. The van der Waals surface area contributed by atoms with E-state index in [-0.39, 0.29) is 12.8 Å². The van der Waals surface area contributed by atoms with Gasteiger partial charge in [-0.15, -0.1) is 0 Å². The van der Waals surface area contributed by atoms with E-state index < -0.39 is 49.2 Å². The van der Waals surface area contributed by atoms with E-state index in [0.29, 0.717) is 0 Å². The molecule has 0 aliphatic carbocycles. The monoisotopic (exact) mass is 462 g/mol. The number of benzene rings is 2. The highest BCUT2D eigenvalue weighted by Crippen LogP contribution is 2.24. The molecule has 0 aliphatic heterocycles. The van der Waals surface area contributed by atoms with E-state index in [1.54, 1.807) is 0 Å². The predicted molar refractivity (Wildman–Crippen MR) is 118 cm³/mol. The number of methoxy groups -OCH3 is 1. The molecule has 10 heteroatoms. The van der Waals surface area contributed by atoms with Gasteiger partial charge in [-0.1, -0.05) is 35.9 Å². The first-order valence-corrected chi connectivity index (χ1v) is 11.4. The summed E-state index contributed by atoms with van der Waals surface area (Å²) in [5, 5.41) is 11.2. The summed E-state index contributed by atoms with van der Waals surface area (Å²) in [6.07, 6.45) is 0.00864. The second-order valence-electron chi connectivity index (χ2n) is 7.59. The summed E-state index contributed by atoms with van der Waals surface area (Å²) in [4.78, 5) is 34.9. The molecule has 0 spiro atoms. The smallest absolute Gasteiger partial charge is 0.309 e. The number of nitro groups is 1. The normalized spacial score (nSPS) is 13.2. The molecule has 2 aromatic carbocycles. The summed E-state index contributed by atoms with van der Waals surface area (Å²) in [7, 11) is -3.12. The van der Waals surface area contributed by atoms with Gasteiger partial charge in [0.15, 0.2) is 10.7 Å². The van der Waals surface area contributed by atoms with Crippen molar-refractivity contribution in [2.45, 2.75) is 44.6 Å². The van der Waals surface area contributed by atoms with Gasteiger partial charge >= 0.3 is 5.97 Å². The van der Waals surface area contributed by atoms with E-state index in [4.69, 9.17) is 4.74 Å². The van der Waals surface area contributed by atoms with E-state index in [2.05, 4.69) is 4.72 Å². The maximum absolute atomic E-state index is 12.8. The third-order valence-corrected chi connectivity index (χ3v) is 6.70. The van der Waals surface area contributed by atoms with Gasteiger partial charge in [-0.25, -0.2) is 13.1 Å². The van der Waals surface area contributed by atoms with Crippen LogP contribution in [0.4, 0.5) is 5.69 Å². The number of ketones is 1. The maximum Gasteiger partial charge on any atom is 0.309 e. The van der Waals surface area contributed by atoms with Crippen LogP contribution in [0, 0.1) is 29.9 Å². The largest absolute Gasteiger partial charge is 0.469 e. The SMILES string of the molecule is COC(=O)[C@@H](CC(=O)[C@H](C)NS(=O)(=O)c1ccccc1[N+](=O)[O-])Cc1ccc(C)cc1C. The molecule has 9 nitrogen and oxygen atoms in total. The Morgan fingerprint density at radius 2 is 1.81 bits per heavy atom. The molecule has 32 heavy (non-hydrogen) atoms. The van der Waals surface area contributed by atoms with E-state index in [1.165, 1.54) is 26.2 Å². The average molecular weight is 463 g/mol. The molecular weight excluding hydrogens is 436 g/mol. The lowest BCUT2D eigenvalue weighted by molar-refractivity contribution is -0.387. The lowest BCUT2D eigenvalue weighted by Crippen LogP contribution is -2.40. The third kappa shape index (κ3) is 6.21. The summed E-state index contributed by atoms with van der Waals surface area (Å²) < 4.78 is 32.3. The van der Waals surface area contributed by atoms with Crippen molar-refractivity contribution in [1.29, 1.82) is 0 Å². The molecule has 172 valence electrons. The van der Waals surface area contributed by atoms with Gasteiger partial charge in [0, 0.05) is 12.5 Å². The van der Waals surface area contributed by atoms with Gasteiger partial charge < -0.3 is 4.74 Å². The molecule has 0 saturated carbocycles. The van der Waals surface area contributed by atoms with Crippen LogP contribution in [0.25, 0.3) is 0 Å². The third-order valence-electron chi connectivity index (χ3n) is 5.11. The van der Waals surface area contributed by atoms with Gasteiger partial charge in [-0.05, 0) is 44.4 Å². The number of ether oxygens (including phenoxy) is 1. The fraction of sp³-hybridized carbons (Fsp3) is 0.364. The predicted octanol–water partition coefficient (Wildman–Crippen LogP) is 2.87. The van der Waals surface area contributed by atoms with Crippen molar-refractivity contribution in [2.24, 2.45) is 5.92 Å². The van der Waals surface area contributed by atoms with Gasteiger partial charge in [0.2, 0.25) is 10.0 Å². The summed E-state index contributed by atoms with van der Waals surface area (Å²) in [6, 6.07) is 9.41. The number of Topliss-reactive ketones (excluding diaryl/α,β-unsaturated/α-hetero) is 1. The summed E-state index contributed by atoms with van der Waals surface area (Å²) in [6.45, 7) is 5.19. The fourth-order valence-electron chi connectivity index (χ4n) is 3.36. The number of sulfonamides is 1. The highest BCUT2D eigenvalue weighted by atomic mass is 32.2. The summed E-state index contributed by atoms with van der Waals surface area (Å²) in [5.41, 5.74) is 2.32. The van der Waals surface area contributed by atoms with Gasteiger partial charge in [0.25, 0.3) is 5.69 Å². The highest BCUT2D eigenvalue weighted by Gasteiger charge is 2.31. The number of carbonyl (C=O) groups is 2. The van der Waals surface area contributed by atoms with Crippen molar-refractivity contribution >= 4 is 27.5 Å². The van der Waals surface area contributed by atoms with Crippen LogP contribution in [0.15, 0.2) is 47.4 Å². The Morgan fingerprint density at radius 3 is 2.41 bits per heavy atom. The molecule has 0 fully saturated rings. The number of aryl methyl sites for hydroxylation is 2. The molecule has 0 bridgehead atoms. The number of nitrogens with one attached hydrogen (secondary N) is 1. The first-order valence-electron chi connectivity index (χ1n) is 9.88. The topological polar surface area (TPSA) is 133 Å². The first kappa shape index (κ1) is 25.2. The molecule has 0 heterocycles. The standard InChI is InChI=1S/C22H26N2O7S/c1-14-9-10-17(15(2)11-14)12-18(22(26)31-4)13-20(25)16(3)23-32(29,30)21-8-6-5-7-19(21)24(27)28/h5-11,16,18,23H,12-13H2,1-4H3/t16-,18+/m0/s1. The van der Waals surface area contributed by atoms with Crippen molar-refractivity contribution in [3.05, 3.63) is 69.3 Å². The number of hydrogen-bond donors (Lipinski definition) is 1. The average Bonchev–Trinajstić information content (AvgIpc) is 2.73. The van der Waals surface area contributed by atoms with Crippen molar-refractivity contribution in [3.8, 4) is 0 Å². The number of hydrogen-bond acceptors (Lipinski definition) is 7. The second-order valence-corrected chi connectivity index (χ2v) is 9.27. The van der Waals surface area contributed by atoms with Crippen LogP contribution in [-0.2, 0) is 30.8 Å². The van der Waals surface area contributed by atoms with Gasteiger partial charge in [-0.3, -0.25) is 19.7 Å². The number of nitrogens with zero attached hydrogens (tertiary/aromatic N) is 1. The molecule has 0 aliphatic rings. The minimum Gasteiger partial charge on any atom is -0.469 e. The van der Waals surface area contributed by atoms with Crippen LogP contribution in [0.5, 0.6) is 0 Å². The number of para-hydroxylation sites is 1. The van der Waals surface area contributed by atoms with E-state index in [0.717, 1.165) is 28.8 Å². The van der Waals surface area contributed by atoms with Crippen LogP contribution in [-0.4, -0.2) is 38.2 Å². The molecule has 0 radical (unpaired) electrons. The molecular formula is C22H26N2O7S. The Labute approximate surface area is 187 Å². The zero-order valence-electron chi connectivity index (χ0n) is 18.3. The van der Waals surface area contributed by atoms with E-state index in [1.807, 2.05) is 32.0 Å². The molecule has 2 aromatic rings. The summed E-state index contributed by atoms with van der Waals surface area (Å²) >= 11 is 0. The van der Waals surface area contributed by atoms with Gasteiger partial charge in [-0.2, -0.15) is 0 Å². The van der Waals surface area contributed by atoms with E-state index in [9.17, 15) is 28.1 Å². The fourth-order valence-corrected chi connectivity index (χ4v) is 4.76. The molecule has 2 atom stereocenters. The minimum atomic E-state index is -4.34. The van der Waals surface area contributed by atoms with Crippen LogP contribution in [0.1, 0.15) is 30.0 Å². The Hall–Kier alpha value is -3.11. The van der Waals surface area contributed by atoms with Crippen molar-refractivity contribution < 1.29 is 27.7 Å². The number of nitro benzene ring substituents is 1. The Kier molecular flexibility index (Phi) is 8.23. The van der Waals surface area contributed by atoms with Gasteiger partial charge in [0.1, 0.15) is 0 Å². The number of rotatable bonds is 10. The highest BCUT2D eigenvalue weighted by molar-refractivity contribution is 7.89. The minimum absolute atomic E-state index is 0.249. The number of esters is 1. The molecule has 0 aromatic heterocycles. The Balaban J connectivity index is 2.19. The molecule has 0 saturated heterocycles. The van der Waals surface area contributed by atoms with Crippen molar-refractivity contribution in [1.82, 2.24) is 4.72 Å². The van der Waals surface area contributed by atoms with Crippen LogP contribution in [0.2, 0.25) is 0 Å². The summed E-state index contributed by atoms with van der Waals surface area (Å²) in [5.74, 6) is -1.91. The van der Waals surface area contributed by atoms with Crippen LogP contribution in [0.3, 0.4) is 0 Å². The second kappa shape index (κ2) is 10.5. The molecule has 2 rings (SSSR count). The van der Waals surface area contributed by atoms with Crippen molar-refractivity contribution in [2.75, 3.05) is 7.11 Å². The van der Waals surface area contributed by atoms with Gasteiger partial charge in [0.05, 0.1) is 24.0 Å². The van der Waals surface area contributed by atoms with Crippen LogP contribution >= 0.6 is 0 Å². The van der Waals surface area contributed by atoms with E-state index >= 15 is 0 Å². The lowest BCUT2D eigenvalue weighted by atomic mass is 9.90. The maximum atomic E-state index is 12.8. The molecule has 0 amide bonds.